The van der Waals surface area contributed by atoms with Crippen LogP contribution in [0.15, 0.2) is 30.3 Å². The first-order valence-electron chi connectivity index (χ1n) is 4.56. The van der Waals surface area contributed by atoms with E-state index in [1.807, 2.05) is 24.3 Å². The second kappa shape index (κ2) is 3.28. The fourth-order valence-corrected chi connectivity index (χ4v) is 1.68. The van der Waals surface area contributed by atoms with Gasteiger partial charge in [0.1, 0.15) is 11.3 Å². The van der Waals surface area contributed by atoms with E-state index in [-0.39, 0.29) is 11.3 Å². The van der Waals surface area contributed by atoms with E-state index in [9.17, 15) is 9.90 Å². The average Bonchev–Trinajstić information content (AvgIpc) is 2.23. The van der Waals surface area contributed by atoms with Crippen molar-refractivity contribution in [2.45, 2.75) is 6.92 Å². The van der Waals surface area contributed by atoms with Crippen molar-refractivity contribution in [1.29, 1.82) is 0 Å². The van der Waals surface area contributed by atoms with E-state index in [0.29, 0.717) is 5.56 Å². The van der Waals surface area contributed by atoms with Crippen LogP contribution in [0.25, 0.3) is 10.8 Å². The van der Waals surface area contributed by atoms with E-state index in [1.54, 1.807) is 6.92 Å². The van der Waals surface area contributed by atoms with Crippen molar-refractivity contribution in [3.8, 4) is 5.75 Å². The van der Waals surface area contributed by atoms with Crippen LogP contribution in [0.2, 0.25) is 0 Å². The summed E-state index contributed by atoms with van der Waals surface area (Å²) in [5.41, 5.74) is 0.553. The number of aromatic hydroxyl groups is 1. The molecule has 0 radical (unpaired) electrons. The predicted molar refractivity (Wildman–Crippen MR) is 57.3 cm³/mol. The van der Waals surface area contributed by atoms with Gasteiger partial charge in [-0.2, -0.15) is 0 Å². The van der Waals surface area contributed by atoms with Gasteiger partial charge in [0, 0.05) is 0 Å². The zero-order valence-corrected chi connectivity index (χ0v) is 8.19. The SMILES string of the molecule is Cc1c(O)c(C(=O)O)cc2ccccc12. The molecule has 2 N–H and O–H groups in total. The quantitative estimate of drug-likeness (QED) is 0.747. The Hall–Kier alpha value is -2.03. The summed E-state index contributed by atoms with van der Waals surface area (Å²) in [6, 6.07) is 8.86. The number of carbonyl (C=O) groups is 1. The highest BCUT2D eigenvalue weighted by Gasteiger charge is 2.13. The Balaban J connectivity index is 2.88. The van der Waals surface area contributed by atoms with Gasteiger partial charge in [-0.05, 0) is 29.3 Å². The standard InChI is InChI=1S/C12H10O3/c1-7-9-5-3-2-4-8(9)6-10(11(7)13)12(14)15/h2-6,13H,1H3,(H,14,15). The third-order valence-electron chi connectivity index (χ3n) is 2.51. The van der Waals surface area contributed by atoms with Crippen LogP contribution in [0.5, 0.6) is 5.75 Å². The van der Waals surface area contributed by atoms with Gasteiger partial charge in [-0.1, -0.05) is 24.3 Å². The molecule has 3 nitrogen and oxygen atoms in total. The molecule has 0 bridgehead atoms. The zero-order chi connectivity index (χ0) is 11.0. The number of hydrogen-bond acceptors (Lipinski definition) is 2. The molecule has 0 spiro atoms. The molecule has 2 rings (SSSR count). The molecule has 2 aromatic carbocycles. The van der Waals surface area contributed by atoms with Crippen molar-refractivity contribution in [3.05, 3.63) is 41.5 Å². The van der Waals surface area contributed by atoms with Crippen molar-refractivity contribution in [3.63, 3.8) is 0 Å². The molecule has 0 aliphatic carbocycles. The molecule has 15 heavy (non-hydrogen) atoms. The van der Waals surface area contributed by atoms with E-state index in [2.05, 4.69) is 0 Å². The van der Waals surface area contributed by atoms with Gasteiger partial charge in [-0.3, -0.25) is 0 Å². The van der Waals surface area contributed by atoms with Crippen molar-refractivity contribution < 1.29 is 15.0 Å². The molecule has 0 aliphatic heterocycles. The Morgan fingerprint density at radius 3 is 2.60 bits per heavy atom. The first-order chi connectivity index (χ1) is 7.11. The van der Waals surface area contributed by atoms with Gasteiger partial charge in [0.25, 0.3) is 0 Å². The van der Waals surface area contributed by atoms with Crippen LogP contribution >= 0.6 is 0 Å². The number of fused-ring (bicyclic) bond motifs is 1. The third-order valence-corrected chi connectivity index (χ3v) is 2.51. The third kappa shape index (κ3) is 1.42. The summed E-state index contributed by atoms with van der Waals surface area (Å²) in [6.07, 6.45) is 0. The maximum atomic E-state index is 10.9. The average molecular weight is 202 g/mol. The number of carboxylic acid groups (broad SMARTS) is 1. The lowest BCUT2D eigenvalue weighted by Crippen LogP contribution is -1.98. The van der Waals surface area contributed by atoms with Crippen LogP contribution in [0.1, 0.15) is 15.9 Å². The number of phenols is 1. The first kappa shape index (κ1) is 9.52. The van der Waals surface area contributed by atoms with Crippen LogP contribution in [0.3, 0.4) is 0 Å². The van der Waals surface area contributed by atoms with Crippen LogP contribution in [0.4, 0.5) is 0 Å². The molecule has 0 aliphatic rings. The first-order valence-corrected chi connectivity index (χ1v) is 4.56. The molecule has 0 atom stereocenters. The van der Waals surface area contributed by atoms with Crippen LogP contribution in [-0.4, -0.2) is 16.2 Å². The minimum Gasteiger partial charge on any atom is -0.507 e. The number of rotatable bonds is 1. The number of aryl methyl sites for hydroxylation is 1. The van der Waals surface area contributed by atoms with Crippen LogP contribution in [-0.2, 0) is 0 Å². The monoisotopic (exact) mass is 202 g/mol. The highest BCUT2D eigenvalue weighted by Crippen LogP contribution is 2.30. The minimum absolute atomic E-state index is 0.0498. The van der Waals surface area contributed by atoms with Crippen molar-refractivity contribution in [2.24, 2.45) is 0 Å². The van der Waals surface area contributed by atoms with Gasteiger partial charge in [0.05, 0.1) is 0 Å². The topological polar surface area (TPSA) is 57.5 Å². The molecular formula is C12H10O3. The summed E-state index contributed by atoms with van der Waals surface area (Å²) in [4.78, 5) is 10.9. The zero-order valence-electron chi connectivity index (χ0n) is 8.19. The van der Waals surface area contributed by atoms with Crippen LogP contribution in [0, 0.1) is 6.92 Å². The molecular weight excluding hydrogens is 192 g/mol. The number of benzene rings is 2. The lowest BCUT2D eigenvalue weighted by Gasteiger charge is -2.07. The van der Waals surface area contributed by atoms with Gasteiger partial charge < -0.3 is 10.2 Å². The number of carboxylic acids is 1. The van der Waals surface area contributed by atoms with E-state index in [0.717, 1.165) is 10.8 Å². The normalized spacial score (nSPS) is 10.5. The molecule has 3 heteroatoms. The van der Waals surface area contributed by atoms with Gasteiger partial charge in [0.2, 0.25) is 0 Å². The molecule has 0 heterocycles. The Morgan fingerprint density at radius 1 is 1.27 bits per heavy atom. The Kier molecular flexibility index (Phi) is 2.08. The summed E-state index contributed by atoms with van der Waals surface area (Å²) in [7, 11) is 0. The number of hydrogen-bond donors (Lipinski definition) is 2. The van der Waals surface area contributed by atoms with Gasteiger partial charge >= 0.3 is 5.97 Å². The van der Waals surface area contributed by atoms with Crippen LogP contribution < -0.4 is 0 Å². The fourth-order valence-electron chi connectivity index (χ4n) is 1.68. The van der Waals surface area contributed by atoms with Gasteiger partial charge in [-0.15, -0.1) is 0 Å². The molecule has 0 saturated carbocycles. The molecule has 0 aromatic heterocycles. The second-order valence-corrected chi connectivity index (χ2v) is 3.42. The molecule has 0 fully saturated rings. The van der Waals surface area contributed by atoms with E-state index in [4.69, 9.17) is 5.11 Å². The summed E-state index contributed by atoms with van der Waals surface area (Å²) in [5, 5.41) is 20.3. The largest absolute Gasteiger partial charge is 0.507 e. The van der Waals surface area contributed by atoms with E-state index >= 15 is 0 Å². The molecule has 76 valence electrons. The summed E-state index contributed by atoms with van der Waals surface area (Å²) in [6.45, 7) is 1.71. The smallest absolute Gasteiger partial charge is 0.339 e. The summed E-state index contributed by atoms with van der Waals surface area (Å²) in [5.74, 6) is -1.26. The highest BCUT2D eigenvalue weighted by atomic mass is 16.4. The van der Waals surface area contributed by atoms with E-state index in [1.165, 1.54) is 6.07 Å². The van der Waals surface area contributed by atoms with Crippen molar-refractivity contribution in [1.82, 2.24) is 0 Å². The Bertz CT molecular complexity index is 544. The molecule has 0 amide bonds. The maximum Gasteiger partial charge on any atom is 0.339 e. The number of aromatic carboxylic acids is 1. The molecule has 2 aromatic rings. The maximum absolute atomic E-state index is 10.9. The minimum atomic E-state index is -1.11. The van der Waals surface area contributed by atoms with Crippen molar-refractivity contribution in [2.75, 3.05) is 0 Å². The lowest BCUT2D eigenvalue weighted by atomic mass is 10.0. The summed E-state index contributed by atoms with van der Waals surface area (Å²) < 4.78 is 0. The Morgan fingerprint density at radius 2 is 1.93 bits per heavy atom. The second-order valence-electron chi connectivity index (χ2n) is 3.42. The van der Waals surface area contributed by atoms with E-state index < -0.39 is 5.97 Å². The summed E-state index contributed by atoms with van der Waals surface area (Å²) >= 11 is 0. The highest BCUT2D eigenvalue weighted by molar-refractivity contribution is 5.99. The lowest BCUT2D eigenvalue weighted by molar-refractivity contribution is 0.0694. The molecule has 0 unspecified atom stereocenters. The van der Waals surface area contributed by atoms with Crippen molar-refractivity contribution >= 4 is 16.7 Å². The fraction of sp³-hybridized carbons (Fsp3) is 0.0833. The van der Waals surface area contributed by atoms with Gasteiger partial charge in [-0.25, -0.2) is 4.79 Å². The molecule has 0 saturated heterocycles. The van der Waals surface area contributed by atoms with Gasteiger partial charge in [0.15, 0.2) is 0 Å². The predicted octanol–water partition coefficient (Wildman–Crippen LogP) is 2.55. The Labute approximate surface area is 86.6 Å².